The number of amidine groups is 1. The predicted octanol–water partition coefficient (Wildman–Crippen LogP) is 1.09. The molecule has 1 aliphatic heterocycles. The molecule has 1 aromatic rings. The van der Waals surface area contributed by atoms with Crippen LogP contribution in [0.4, 0.5) is 11.4 Å². The van der Waals surface area contributed by atoms with E-state index in [9.17, 15) is 0 Å². The van der Waals surface area contributed by atoms with Gasteiger partial charge < -0.3 is 10.6 Å². The van der Waals surface area contributed by atoms with E-state index in [4.69, 9.17) is 10.9 Å². The molecule has 0 aliphatic carbocycles. The molecule has 1 unspecified atom stereocenters. The summed E-state index contributed by atoms with van der Waals surface area (Å²) in [4.78, 5) is 6.39. The molecule has 0 radical (unpaired) electrons. The fourth-order valence-electron chi connectivity index (χ4n) is 1.82. The number of nitrogens with zero attached hydrogens (tertiary/aromatic N) is 4. The van der Waals surface area contributed by atoms with Crippen molar-refractivity contribution in [3.05, 3.63) is 24.3 Å². The van der Waals surface area contributed by atoms with Crippen molar-refractivity contribution < 1.29 is 5.21 Å². The Labute approximate surface area is 117 Å². The van der Waals surface area contributed by atoms with Crippen LogP contribution >= 0.6 is 0 Å². The van der Waals surface area contributed by atoms with Crippen LogP contribution in [0.5, 0.6) is 0 Å². The van der Waals surface area contributed by atoms with Gasteiger partial charge in [0.05, 0.1) is 23.0 Å². The lowest BCUT2D eigenvalue weighted by Crippen LogP contribution is -2.33. The lowest BCUT2D eigenvalue weighted by Gasteiger charge is -2.12. The summed E-state index contributed by atoms with van der Waals surface area (Å²) in [5.41, 5.74) is 10.2. The third-order valence-electron chi connectivity index (χ3n) is 2.82. The molecule has 1 heterocycles. The Morgan fingerprint density at radius 1 is 1.35 bits per heavy atom. The first-order chi connectivity index (χ1) is 9.60. The van der Waals surface area contributed by atoms with Crippen molar-refractivity contribution in [3.63, 3.8) is 0 Å². The molecule has 0 aromatic heterocycles. The van der Waals surface area contributed by atoms with Gasteiger partial charge in [0, 0.05) is 12.8 Å². The number of nitrogens with two attached hydrogens (primary N) is 1. The molecular formula is C13H18N6O. The fraction of sp³-hybridized carbons (Fsp3) is 0.308. The van der Waals surface area contributed by atoms with Crippen molar-refractivity contribution >= 4 is 29.1 Å². The van der Waals surface area contributed by atoms with E-state index in [2.05, 4.69) is 20.7 Å². The maximum atomic E-state index is 8.74. The van der Waals surface area contributed by atoms with E-state index in [-0.39, 0.29) is 5.92 Å². The average molecular weight is 274 g/mol. The normalized spacial score (nSPS) is 18.5. The Balaban J connectivity index is 2.08. The summed E-state index contributed by atoms with van der Waals surface area (Å²) < 4.78 is 0. The summed E-state index contributed by atoms with van der Waals surface area (Å²) in [5.74, 6) is 0.298. The number of nitrogens with one attached hydrogen (secondary N) is 1. The Bertz CT molecular complexity index is 546. The molecule has 0 bridgehead atoms. The van der Waals surface area contributed by atoms with Crippen molar-refractivity contribution in [2.75, 3.05) is 26.1 Å². The highest BCUT2D eigenvalue weighted by molar-refractivity contribution is 6.20. The summed E-state index contributed by atoms with van der Waals surface area (Å²) in [6.45, 7) is 0.689. The minimum atomic E-state index is -0.159. The topological polar surface area (TPSA) is 98.6 Å². The number of aliphatic imine (C=N–C) groups is 1. The molecule has 20 heavy (non-hydrogen) atoms. The molecule has 0 saturated heterocycles. The molecule has 106 valence electrons. The van der Waals surface area contributed by atoms with Crippen LogP contribution in [0.2, 0.25) is 0 Å². The van der Waals surface area contributed by atoms with Gasteiger partial charge in [0.25, 0.3) is 0 Å². The predicted molar refractivity (Wildman–Crippen MR) is 81.1 cm³/mol. The quantitative estimate of drug-likeness (QED) is 0.553. The van der Waals surface area contributed by atoms with Crippen molar-refractivity contribution in [1.29, 1.82) is 0 Å². The lowest BCUT2D eigenvalue weighted by atomic mass is 10.0. The number of hydrogen-bond donors (Lipinski definition) is 3. The van der Waals surface area contributed by atoms with Gasteiger partial charge in [-0.15, -0.1) is 5.10 Å². The van der Waals surface area contributed by atoms with E-state index >= 15 is 0 Å². The van der Waals surface area contributed by atoms with Crippen LogP contribution in [0.3, 0.4) is 0 Å². The van der Waals surface area contributed by atoms with E-state index in [0.29, 0.717) is 18.1 Å². The minimum Gasteiger partial charge on any atom is -0.385 e. The van der Waals surface area contributed by atoms with Gasteiger partial charge in [-0.2, -0.15) is 5.10 Å². The summed E-state index contributed by atoms with van der Waals surface area (Å²) in [6.07, 6.45) is 1.75. The fourth-order valence-corrected chi connectivity index (χ4v) is 1.82. The first-order valence-electron chi connectivity index (χ1n) is 6.19. The molecule has 1 aliphatic rings. The zero-order valence-corrected chi connectivity index (χ0v) is 11.5. The van der Waals surface area contributed by atoms with Gasteiger partial charge >= 0.3 is 0 Å². The van der Waals surface area contributed by atoms with E-state index in [1.807, 2.05) is 19.0 Å². The first kappa shape index (κ1) is 14.2. The van der Waals surface area contributed by atoms with Crippen molar-refractivity contribution in [2.45, 2.75) is 0 Å². The second-order valence-corrected chi connectivity index (χ2v) is 4.77. The Hall–Kier alpha value is -2.25. The Kier molecular flexibility index (Phi) is 4.44. The summed E-state index contributed by atoms with van der Waals surface area (Å²) in [5, 5.41) is 16.7. The first-order valence-corrected chi connectivity index (χ1v) is 6.19. The number of benzene rings is 1. The lowest BCUT2D eigenvalue weighted by molar-refractivity contribution is 0.389. The van der Waals surface area contributed by atoms with E-state index < -0.39 is 0 Å². The van der Waals surface area contributed by atoms with Crippen LogP contribution in [0.15, 0.2) is 39.5 Å². The van der Waals surface area contributed by atoms with Gasteiger partial charge in [-0.3, -0.25) is 15.7 Å². The van der Waals surface area contributed by atoms with Gasteiger partial charge in [-0.25, -0.2) is 0 Å². The molecule has 4 N–H and O–H groups in total. The highest BCUT2D eigenvalue weighted by atomic mass is 16.5. The molecule has 0 spiro atoms. The molecule has 2 rings (SSSR count). The molecule has 0 amide bonds. The monoisotopic (exact) mass is 274 g/mol. The van der Waals surface area contributed by atoms with Gasteiger partial charge in [0.1, 0.15) is 5.84 Å². The van der Waals surface area contributed by atoms with Crippen LogP contribution in [0.25, 0.3) is 0 Å². The van der Waals surface area contributed by atoms with E-state index in [0.717, 1.165) is 11.4 Å². The summed E-state index contributed by atoms with van der Waals surface area (Å²) >= 11 is 0. The minimum absolute atomic E-state index is 0.159. The summed E-state index contributed by atoms with van der Waals surface area (Å²) in [6, 6.07) is 7.04. The second-order valence-electron chi connectivity index (χ2n) is 4.77. The van der Waals surface area contributed by atoms with Crippen molar-refractivity contribution in [2.24, 2.45) is 26.8 Å². The number of rotatable bonds is 5. The zero-order chi connectivity index (χ0) is 14.5. The number of hydrogen-bond acceptors (Lipinski definition) is 7. The SMILES string of the molecule is CN(C)CC1=NN=C(N)C1C=Nc1ccc(NO)cc1. The standard InChI is InChI=1S/C13H18N6O/c1-19(2)8-12-11(13(14)17-16-12)7-15-9-3-5-10(18-20)6-4-9/h3-7,11,18,20H,8H2,1-2H3,(H2,14,17). The van der Waals surface area contributed by atoms with E-state index in [1.165, 1.54) is 0 Å². The largest absolute Gasteiger partial charge is 0.385 e. The molecule has 1 atom stereocenters. The van der Waals surface area contributed by atoms with Gasteiger partial charge in [0.15, 0.2) is 0 Å². The van der Waals surface area contributed by atoms with Gasteiger partial charge in [0.2, 0.25) is 0 Å². The van der Waals surface area contributed by atoms with Crippen LogP contribution < -0.4 is 11.2 Å². The van der Waals surface area contributed by atoms with Crippen LogP contribution in [0, 0.1) is 5.92 Å². The van der Waals surface area contributed by atoms with Crippen LogP contribution in [-0.2, 0) is 0 Å². The zero-order valence-electron chi connectivity index (χ0n) is 11.5. The molecular weight excluding hydrogens is 256 g/mol. The summed E-state index contributed by atoms with van der Waals surface area (Å²) in [7, 11) is 3.93. The van der Waals surface area contributed by atoms with E-state index in [1.54, 1.807) is 30.5 Å². The maximum absolute atomic E-state index is 8.74. The van der Waals surface area contributed by atoms with Gasteiger partial charge in [-0.1, -0.05) is 0 Å². The number of anilines is 1. The Morgan fingerprint density at radius 3 is 2.65 bits per heavy atom. The maximum Gasteiger partial charge on any atom is 0.136 e. The molecule has 0 fully saturated rings. The molecule has 7 nitrogen and oxygen atoms in total. The Morgan fingerprint density at radius 2 is 2.05 bits per heavy atom. The smallest absolute Gasteiger partial charge is 0.136 e. The highest BCUT2D eigenvalue weighted by Crippen LogP contribution is 2.17. The second kappa shape index (κ2) is 6.27. The van der Waals surface area contributed by atoms with Gasteiger partial charge in [-0.05, 0) is 38.4 Å². The van der Waals surface area contributed by atoms with Crippen molar-refractivity contribution in [3.8, 4) is 0 Å². The van der Waals surface area contributed by atoms with Crippen LogP contribution in [-0.4, -0.2) is 48.5 Å². The highest BCUT2D eigenvalue weighted by Gasteiger charge is 2.23. The van der Waals surface area contributed by atoms with Crippen LogP contribution in [0.1, 0.15) is 0 Å². The third kappa shape index (κ3) is 3.40. The van der Waals surface area contributed by atoms with Crippen molar-refractivity contribution in [1.82, 2.24) is 4.90 Å². The molecule has 7 heteroatoms. The third-order valence-corrected chi connectivity index (χ3v) is 2.82. The average Bonchev–Trinajstić information content (AvgIpc) is 2.77. The molecule has 1 aromatic carbocycles. The molecule has 0 saturated carbocycles.